The van der Waals surface area contributed by atoms with E-state index in [1.165, 1.54) is 31.7 Å². The Bertz CT molecular complexity index is 1320. The number of hydrogen-bond donors (Lipinski definition) is 0. The largest absolute Gasteiger partial charge is 0.453 e. The van der Waals surface area contributed by atoms with Crippen LogP contribution in [0.15, 0.2) is 51.7 Å². The van der Waals surface area contributed by atoms with Crippen molar-refractivity contribution in [3.63, 3.8) is 0 Å². The van der Waals surface area contributed by atoms with Crippen molar-refractivity contribution in [2.75, 3.05) is 13.1 Å². The van der Waals surface area contributed by atoms with Crippen LogP contribution in [-0.2, 0) is 19.8 Å². The lowest BCUT2D eigenvalue weighted by molar-refractivity contribution is -0.146. The van der Waals surface area contributed by atoms with Gasteiger partial charge in [0, 0.05) is 25.2 Å². The molecule has 0 spiro atoms. The molecule has 30 heavy (non-hydrogen) atoms. The Kier molecular flexibility index (Phi) is 4.21. The average molecular weight is 413 g/mol. The van der Waals surface area contributed by atoms with Crippen molar-refractivity contribution in [3.05, 3.63) is 64.1 Å². The Morgan fingerprint density at radius 3 is 2.47 bits per heavy atom. The lowest BCUT2D eigenvalue weighted by Crippen LogP contribution is -2.36. The summed E-state index contributed by atoms with van der Waals surface area (Å²) in [5.74, 6) is -0.733. The monoisotopic (exact) mass is 413 g/mol. The van der Waals surface area contributed by atoms with E-state index < -0.39 is 12.0 Å². The fourth-order valence-corrected chi connectivity index (χ4v) is 3.84. The minimum atomic E-state index is -4.61. The second kappa shape index (κ2) is 6.70. The number of fused-ring (bicyclic) bond motifs is 3. The van der Waals surface area contributed by atoms with Crippen molar-refractivity contribution in [1.82, 2.24) is 14.5 Å². The number of aryl methyl sites for hydroxylation is 1. The molecule has 2 aromatic heterocycles. The number of benzene rings is 2. The van der Waals surface area contributed by atoms with Crippen molar-refractivity contribution >= 4 is 22.0 Å². The van der Waals surface area contributed by atoms with E-state index in [1.54, 1.807) is 0 Å². The summed E-state index contributed by atoms with van der Waals surface area (Å²) >= 11 is 0. The van der Waals surface area contributed by atoms with Crippen molar-refractivity contribution < 1.29 is 17.6 Å². The predicted molar refractivity (Wildman–Crippen MR) is 107 cm³/mol. The first kappa shape index (κ1) is 18.9. The van der Waals surface area contributed by atoms with Gasteiger partial charge in [-0.05, 0) is 37.2 Å². The zero-order chi connectivity index (χ0) is 21.0. The maximum atomic E-state index is 13.3. The molecule has 0 unspecified atom stereocenters. The van der Waals surface area contributed by atoms with Gasteiger partial charge in [-0.1, -0.05) is 24.3 Å². The number of hydrogen-bond acceptors (Lipinski definition) is 4. The molecular formula is C22H18F3N3O2. The highest BCUT2D eigenvalue weighted by molar-refractivity contribution is 6.01. The van der Waals surface area contributed by atoms with Gasteiger partial charge in [-0.25, -0.2) is 4.98 Å². The minimum Gasteiger partial charge on any atom is -0.453 e. The molecule has 0 N–H and O–H groups in total. The van der Waals surface area contributed by atoms with Crippen molar-refractivity contribution in [1.29, 1.82) is 0 Å². The van der Waals surface area contributed by atoms with Crippen molar-refractivity contribution in [3.8, 4) is 11.3 Å². The van der Waals surface area contributed by atoms with Crippen LogP contribution in [0.3, 0.4) is 0 Å². The molecule has 0 radical (unpaired) electrons. The number of nitrogens with zero attached hydrogens (tertiary/aromatic N) is 3. The summed E-state index contributed by atoms with van der Waals surface area (Å²) in [4.78, 5) is 18.7. The van der Waals surface area contributed by atoms with Crippen LogP contribution in [0, 0.1) is 0 Å². The van der Waals surface area contributed by atoms with Gasteiger partial charge in [-0.2, -0.15) is 13.2 Å². The van der Waals surface area contributed by atoms with Gasteiger partial charge >= 0.3 is 6.18 Å². The highest BCUT2D eigenvalue weighted by atomic mass is 19.4. The molecule has 0 amide bonds. The van der Waals surface area contributed by atoms with E-state index in [9.17, 15) is 18.0 Å². The van der Waals surface area contributed by atoms with Crippen molar-refractivity contribution in [2.45, 2.75) is 19.1 Å². The van der Waals surface area contributed by atoms with E-state index in [0.717, 1.165) is 29.8 Å². The molecule has 0 bridgehead atoms. The van der Waals surface area contributed by atoms with Crippen LogP contribution in [-0.4, -0.2) is 27.5 Å². The molecule has 2 aromatic carbocycles. The second-order valence-corrected chi connectivity index (χ2v) is 7.60. The van der Waals surface area contributed by atoms with Crippen LogP contribution in [0.4, 0.5) is 13.2 Å². The summed E-state index contributed by atoms with van der Waals surface area (Å²) in [6.45, 7) is 3.07. The predicted octanol–water partition coefficient (Wildman–Crippen LogP) is 4.57. The van der Waals surface area contributed by atoms with Gasteiger partial charge in [0.2, 0.25) is 5.82 Å². The van der Waals surface area contributed by atoms with E-state index >= 15 is 0 Å². The number of rotatable bonds is 3. The van der Waals surface area contributed by atoms with Gasteiger partial charge in [0.1, 0.15) is 11.3 Å². The van der Waals surface area contributed by atoms with E-state index in [1.807, 2.05) is 24.3 Å². The third-order valence-corrected chi connectivity index (χ3v) is 5.59. The van der Waals surface area contributed by atoms with Crippen LogP contribution in [0.25, 0.3) is 33.3 Å². The zero-order valence-corrected chi connectivity index (χ0v) is 16.2. The molecule has 0 saturated carbocycles. The number of likely N-dealkylation sites (tertiary alicyclic amines) is 1. The molecule has 8 heteroatoms. The van der Waals surface area contributed by atoms with E-state index in [4.69, 9.17) is 4.42 Å². The van der Waals surface area contributed by atoms with Gasteiger partial charge < -0.3 is 8.98 Å². The van der Waals surface area contributed by atoms with E-state index in [-0.39, 0.29) is 27.4 Å². The van der Waals surface area contributed by atoms with Gasteiger partial charge in [0.05, 0.1) is 10.9 Å². The average Bonchev–Trinajstić information content (AvgIpc) is 3.03. The lowest BCUT2D eigenvalue weighted by Gasteiger charge is -2.30. The van der Waals surface area contributed by atoms with Gasteiger partial charge in [-0.15, -0.1) is 0 Å². The molecule has 0 aliphatic carbocycles. The molecular weight excluding hydrogens is 395 g/mol. The highest BCUT2D eigenvalue weighted by Gasteiger charge is 2.37. The number of alkyl halides is 3. The summed E-state index contributed by atoms with van der Waals surface area (Å²) in [5.41, 5.74) is 1.85. The van der Waals surface area contributed by atoms with Gasteiger partial charge in [0.25, 0.3) is 0 Å². The maximum Gasteiger partial charge on any atom is 0.449 e. The molecule has 1 fully saturated rings. The quantitative estimate of drug-likeness (QED) is 0.494. The highest BCUT2D eigenvalue weighted by Crippen LogP contribution is 2.34. The number of imidazole rings is 1. The Hall–Kier alpha value is -3.13. The maximum absolute atomic E-state index is 13.3. The lowest BCUT2D eigenvalue weighted by atomic mass is 10.1. The Labute approximate surface area is 169 Å². The standard InChI is InChI=1S/C22H18F3N3O2/c1-27-16-8-7-15-17(29)11-18(30-20(15)19(16)26-21(27)22(23,24)25)14-5-3-13(4-6-14)12-28-9-2-10-28/h3-8,11H,2,9-10,12H2,1H3. The molecule has 4 aromatic rings. The van der Waals surface area contributed by atoms with E-state index in [2.05, 4.69) is 9.88 Å². The van der Waals surface area contributed by atoms with Crippen LogP contribution in [0.5, 0.6) is 0 Å². The molecule has 1 aliphatic heterocycles. The van der Waals surface area contributed by atoms with Crippen molar-refractivity contribution in [2.24, 2.45) is 7.05 Å². The molecule has 1 saturated heterocycles. The summed E-state index contributed by atoms with van der Waals surface area (Å²) < 4.78 is 46.8. The molecule has 154 valence electrons. The summed E-state index contributed by atoms with van der Waals surface area (Å²) in [7, 11) is 1.29. The summed E-state index contributed by atoms with van der Waals surface area (Å²) in [5, 5.41) is 0.201. The first-order chi connectivity index (χ1) is 14.3. The van der Waals surface area contributed by atoms with Crippen LogP contribution in [0.1, 0.15) is 17.8 Å². The van der Waals surface area contributed by atoms with Gasteiger partial charge in [-0.3, -0.25) is 9.69 Å². The second-order valence-electron chi connectivity index (χ2n) is 7.60. The Morgan fingerprint density at radius 2 is 1.83 bits per heavy atom. The SMILES string of the molecule is Cn1c(C(F)(F)F)nc2c3oc(-c4ccc(CN5CCC5)cc4)cc(=O)c3ccc21. The molecule has 0 atom stereocenters. The topological polar surface area (TPSA) is 51.3 Å². The number of aromatic nitrogens is 2. The third-order valence-electron chi connectivity index (χ3n) is 5.59. The molecule has 5 rings (SSSR count). The smallest absolute Gasteiger partial charge is 0.449 e. The molecule has 1 aliphatic rings. The molecule has 3 heterocycles. The summed E-state index contributed by atoms with van der Waals surface area (Å²) in [6.07, 6.45) is -3.39. The van der Waals surface area contributed by atoms with Crippen LogP contribution in [0.2, 0.25) is 0 Å². The zero-order valence-electron chi connectivity index (χ0n) is 16.2. The fourth-order valence-electron chi connectivity index (χ4n) is 3.84. The van der Waals surface area contributed by atoms with Crippen LogP contribution < -0.4 is 5.43 Å². The van der Waals surface area contributed by atoms with E-state index in [0.29, 0.717) is 11.3 Å². The fraction of sp³-hybridized carbons (Fsp3) is 0.273. The molecule has 5 nitrogen and oxygen atoms in total. The van der Waals surface area contributed by atoms with Crippen LogP contribution >= 0.6 is 0 Å². The normalized spacial score (nSPS) is 15.1. The third kappa shape index (κ3) is 3.08. The Morgan fingerprint density at radius 1 is 1.10 bits per heavy atom. The first-order valence-corrected chi connectivity index (χ1v) is 9.63. The Balaban J connectivity index is 1.63. The first-order valence-electron chi connectivity index (χ1n) is 9.63. The minimum absolute atomic E-state index is 0.0238. The number of halogens is 3. The van der Waals surface area contributed by atoms with Gasteiger partial charge in [0.15, 0.2) is 11.0 Å². The summed E-state index contributed by atoms with van der Waals surface area (Å²) in [6, 6.07) is 12.0.